The van der Waals surface area contributed by atoms with Crippen molar-refractivity contribution in [2.75, 3.05) is 16.8 Å². The Hall–Kier alpha value is -4.02. The second-order valence-electron chi connectivity index (χ2n) is 8.46. The molecule has 3 aromatic rings. The zero-order valence-corrected chi connectivity index (χ0v) is 21.3. The van der Waals surface area contributed by atoms with Gasteiger partial charge in [0, 0.05) is 11.4 Å². The molecule has 0 aromatic heterocycles. The Balaban J connectivity index is 1.73. The van der Waals surface area contributed by atoms with Crippen molar-refractivity contribution in [2.45, 2.75) is 32.4 Å². The van der Waals surface area contributed by atoms with Crippen LogP contribution in [-0.4, -0.2) is 23.7 Å². The molecule has 1 atom stereocenters. The van der Waals surface area contributed by atoms with Gasteiger partial charge in [0.2, 0.25) is 5.91 Å². The Kier molecular flexibility index (Phi) is 7.77. The van der Waals surface area contributed by atoms with Crippen molar-refractivity contribution in [3.63, 3.8) is 0 Å². The second kappa shape index (κ2) is 11.1. The molecule has 1 N–H and O–H groups in total. The summed E-state index contributed by atoms with van der Waals surface area (Å²) in [4.78, 5) is 28.4. The van der Waals surface area contributed by atoms with E-state index in [-0.39, 0.29) is 11.5 Å². The Morgan fingerprint density at radius 2 is 1.83 bits per heavy atom. The van der Waals surface area contributed by atoms with Gasteiger partial charge in [-0.05, 0) is 68.7 Å². The number of nitrogens with one attached hydrogen (secondary N) is 1. The van der Waals surface area contributed by atoms with Crippen molar-refractivity contribution in [2.24, 2.45) is 0 Å². The van der Waals surface area contributed by atoms with E-state index in [2.05, 4.69) is 11.4 Å². The molecular formula is C29H27N3O3S. The summed E-state index contributed by atoms with van der Waals surface area (Å²) in [6.07, 6.45) is 0.486. The fraction of sp³-hybridized carbons (Fsp3) is 0.207. The molecule has 182 valence electrons. The van der Waals surface area contributed by atoms with Gasteiger partial charge in [0.15, 0.2) is 0 Å². The first-order valence-corrected chi connectivity index (χ1v) is 12.6. The smallest absolute Gasteiger partial charge is 0.269 e. The fourth-order valence-corrected chi connectivity index (χ4v) is 5.34. The van der Waals surface area contributed by atoms with Crippen molar-refractivity contribution in [1.82, 2.24) is 0 Å². The zero-order chi connectivity index (χ0) is 25.7. The van der Waals surface area contributed by atoms with E-state index < -0.39 is 11.2 Å². The summed E-state index contributed by atoms with van der Waals surface area (Å²) in [5.74, 6) is -0.0356. The summed E-state index contributed by atoms with van der Waals surface area (Å²) in [6, 6.07) is 24.5. The molecule has 7 heteroatoms. The molecule has 0 saturated carbocycles. The number of amides is 2. The summed E-state index contributed by atoms with van der Waals surface area (Å²) >= 11 is 1.25. The van der Waals surface area contributed by atoms with Crippen LogP contribution in [-0.2, 0) is 16.0 Å². The quantitative estimate of drug-likeness (QED) is 0.331. The number of nitriles is 1. The second-order valence-corrected chi connectivity index (χ2v) is 9.65. The highest BCUT2D eigenvalue weighted by Gasteiger charge is 2.40. The van der Waals surface area contributed by atoms with Gasteiger partial charge in [0.05, 0.1) is 11.9 Å². The standard InChI is InChI=1S/C29H27N3O3S/c1-4-35-23-14-12-22(13-15-23)32-28(34)26(17-21-10-7-8-19(2)16-21)36-29(32)24(18-30)27(33)31-25-11-6-5-9-20(25)3/h5-16,26H,4,17H2,1-3H3,(H,31,33)/b29-24-. The Morgan fingerprint density at radius 1 is 1.08 bits per heavy atom. The predicted octanol–water partition coefficient (Wildman–Crippen LogP) is 5.77. The molecule has 1 aliphatic heterocycles. The number of para-hydroxylation sites is 1. The fourth-order valence-electron chi connectivity index (χ4n) is 4.03. The third-order valence-electron chi connectivity index (χ3n) is 5.81. The van der Waals surface area contributed by atoms with Gasteiger partial charge in [-0.1, -0.05) is 59.8 Å². The molecule has 2 amide bonds. The number of nitrogens with zero attached hydrogens (tertiary/aromatic N) is 2. The van der Waals surface area contributed by atoms with Crippen LogP contribution in [0, 0.1) is 25.2 Å². The summed E-state index contributed by atoms with van der Waals surface area (Å²) in [7, 11) is 0. The van der Waals surface area contributed by atoms with Crippen LogP contribution in [0.1, 0.15) is 23.6 Å². The van der Waals surface area contributed by atoms with Gasteiger partial charge in [0.1, 0.15) is 22.4 Å². The van der Waals surface area contributed by atoms with Crippen LogP contribution in [0.2, 0.25) is 0 Å². The summed E-state index contributed by atoms with van der Waals surface area (Å²) in [5, 5.41) is 12.7. The van der Waals surface area contributed by atoms with Gasteiger partial charge in [-0.25, -0.2) is 0 Å². The van der Waals surface area contributed by atoms with Crippen molar-refractivity contribution in [1.29, 1.82) is 5.26 Å². The van der Waals surface area contributed by atoms with Crippen LogP contribution in [0.5, 0.6) is 5.75 Å². The number of benzene rings is 3. The number of ether oxygens (including phenoxy) is 1. The lowest BCUT2D eigenvalue weighted by Crippen LogP contribution is -2.31. The minimum absolute atomic E-state index is 0.0998. The molecule has 0 spiro atoms. The SMILES string of the molecule is CCOc1ccc(N2C(=O)C(Cc3cccc(C)c3)S/C2=C(/C#N)C(=O)Nc2ccccc2C)cc1. The summed E-state index contributed by atoms with van der Waals surface area (Å²) < 4.78 is 5.54. The highest BCUT2D eigenvalue weighted by atomic mass is 32.2. The highest BCUT2D eigenvalue weighted by molar-refractivity contribution is 8.05. The average molecular weight is 498 g/mol. The van der Waals surface area contributed by atoms with E-state index in [0.29, 0.717) is 35.2 Å². The van der Waals surface area contributed by atoms with Gasteiger partial charge in [-0.2, -0.15) is 5.26 Å². The number of rotatable bonds is 7. The molecule has 0 radical (unpaired) electrons. The maximum atomic E-state index is 13.7. The predicted molar refractivity (Wildman–Crippen MR) is 144 cm³/mol. The minimum atomic E-state index is -0.547. The Morgan fingerprint density at radius 3 is 2.50 bits per heavy atom. The molecule has 0 bridgehead atoms. The van der Waals surface area contributed by atoms with E-state index in [1.54, 1.807) is 30.3 Å². The molecule has 6 nitrogen and oxygen atoms in total. The first-order valence-electron chi connectivity index (χ1n) is 11.7. The van der Waals surface area contributed by atoms with E-state index in [1.807, 2.05) is 63.2 Å². The number of carbonyl (C=O) groups is 2. The van der Waals surface area contributed by atoms with E-state index in [4.69, 9.17) is 4.74 Å². The third-order valence-corrected chi connectivity index (χ3v) is 7.07. The Bertz CT molecular complexity index is 1360. The number of hydrogen-bond acceptors (Lipinski definition) is 5. The largest absolute Gasteiger partial charge is 0.494 e. The molecule has 4 rings (SSSR count). The van der Waals surface area contributed by atoms with Crippen molar-refractivity contribution < 1.29 is 14.3 Å². The van der Waals surface area contributed by atoms with Crippen LogP contribution >= 0.6 is 11.8 Å². The molecular weight excluding hydrogens is 470 g/mol. The van der Waals surface area contributed by atoms with Crippen LogP contribution < -0.4 is 15.0 Å². The van der Waals surface area contributed by atoms with Gasteiger partial charge in [-0.15, -0.1) is 0 Å². The molecule has 1 aliphatic rings. The van der Waals surface area contributed by atoms with Crippen LogP contribution in [0.25, 0.3) is 0 Å². The van der Waals surface area contributed by atoms with Gasteiger partial charge < -0.3 is 10.1 Å². The number of aryl methyl sites for hydroxylation is 2. The average Bonchev–Trinajstić information content (AvgIpc) is 3.17. The third kappa shape index (κ3) is 5.45. The normalized spacial score (nSPS) is 16.4. The van der Waals surface area contributed by atoms with Crippen LogP contribution in [0.4, 0.5) is 11.4 Å². The summed E-state index contributed by atoms with van der Waals surface area (Å²) in [6.45, 7) is 6.32. The lowest BCUT2D eigenvalue weighted by molar-refractivity contribution is -0.117. The number of thioether (sulfide) groups is 1. The molecule has 36 heavy (non-hydrogen) atoms. The summed E-state index contributed by atoms with van der Waals surface area (Å²) in [5.41, 5.74) is 4.11. The lowest BCUT2D eigenvalue weighted by Gasteiger charge is -2.19. The van der Waals surface area contributed by atoms with Gasteiger partial charge in [-0.3, -0.25) is 14.5 Å². The number of hydrogen-bond donors (Lipinski definition) is 1. The van der Waals surface area contributed by atoms with E-state index >= 15 is 0 Å². The Labute approximate surface area is 215 Å². The van der Waals surface area contributed by atoms with Crippen molar-refractivity contribution >= 4 is 35.0 Å². The van der Waals surface area contributed by atoms with E-state index in [9.17, 15) is 14.9 Å². The number of anilines is 2. The first kappa shape index (κ1) is 25.1. The first-order chi connectivity index (χ1) is 17.4. The zero-order valence-electron chi connectivity index (χ0n) is 20.4. The molecule has 1 heterocycles. The maximum Gasteiger partial charge on any atom is 0.269 e. The van der Waals surface area contributed by atoms with Crippen molar-refractivity contribution in [3.05, 3.63) is 100 Å². The highest BCUT2D eigenvalue weighted by Crippen LogP contribution is 2.42. The molecule has 1 saturated heterocycles. The van der Waals surface area contributed by atoms with Crippen LogP contribution in [0.15, 0.2) is 83.4 Å². The molecule has 1 fully saturated rings. The van der Waals surface area contributed by atoms with E-state index in [1.165, 1.54) is 16.7 Å². The lowest BCUT2D eigenvalue weighted by atomic mass is 10.1. The number of carbonyl (C=O) groups excluding carboxylic acids is 2. The minimum Gasteiger partial charge on any atom is -0.494 e. The topological polar surface area (TPSA) is 82.4 Å². The molecule has 3 aromatic carbocycles. The van der Waals surface area contributed by atoms with Gasteiger partial charge >= 0.3 is 0 Å². The molecule has 0 aliphatic carbocycles. The maximum absolute atomic E-state index is 13.7. The molecule has 1 unspecified atom stereocenters. The van der Waals surface area contributed by atoms with Gasteiger partial charge in [0.25, 0.3) is 5.91 Å². The van der Waals surface area contributed by atoms with Crippen molar-refractivity contribution in [3.8, 4) is 11.8 Å². The van der Waals surface area contributed by atoms with E-state index in [0.717, 1.165) is 16.7 Å². The monoisotopic (exact) mass is 497 g/mol. The van der Waals surface area contributed by atoms with Crippen LogP contribution in [0.3, 0.4) is 0 Å².